The van der Waals surface area contributed by atoms with Crippen LogP contribution in [0.25, 0.3) is 0 Å². The van der Waals surface area contributed by atoms with Crippen LogP contribution >= 0.6 is 37.2 Å². The van der Waals surface area contributed by atoms with Gasteiger partial charge in [-0.15, -0.1) is 37.2 Å². The topological polar surface area (TPSA) is 47.6 Å². The molecule has 1 aliphatic carbocycles. The Morgan fingerprint density at radius 2 is 1.73 bits per heavy atom. The maximum Gasteiger partial charge on any atom is 0.233 e. The van der Waals surface area contributed by atoms with Crippen molar-refractivity contribution in [2.45, 2.75) is 19.3 Å². The van der Waals surface area contributed by atoms with Gasteiger partial charge in [0.25, 0.3) is 0 Å². The van der Waals surface area contributed by atoms with E-state index in [-0.39, 0.29) is 43.1 Å². The normalized spacial score (nSPS) is 18.6. The van der Waals surface area contributed by atoms with Crippen molar-refractivity contribution >= 4 is 43.1 Å². The summed E-state index contributed by atoms with van der Waals surface area (Å²) in [5.41, 5.74) is 0. The van der Waals surface area contributed by atoms with Crippen molar-refractivity contribution in [1.82, 2.24) is 20.4 Å². The third-order valence-corrected chi connectivity index (χ3v) is 3.98. The molecule has 2 rings (SSSR count). The molecule has 2 N–H and O–H groups in total. The Morgan fingerprint density at radius 1 is 1.09 bits per heavy atom. The monoisotopic (exact) mass is 376 g/mol. The summed E-state index contributed by atoms with van der Waals surface area (Å²) in [7, 11) is 2.17. The van der Waals surface area contributed by atoms with Crippen LogP contribution in [0, 0.1) is 5.92 Å². The van der Waals surface area contributed by atoms with Crippen LogP contribution in [-0.2, 0) is 4.79 Å². The Bertz CT molecular complexity index is 285. The van der Waals surface area contributed by atoms with Gasteiger partial charge < -0.3 is 20.4 Å². The summed E-state index contributed by atoms with van der Waals surface area (Å²) in [6.07, 6.45) is 3.72. The van der Waals surface area contributed by atoms with Crippen LogP contribution in [0.2, 0.25) is 0 Å². The Morgan fingerprint density at radius 3 is 2.32 bits per heavy atom. The molecule has 0 aromatic carbocycles. The zero-order valence-electron chi connectivity index (χ0n) is 13.4. The van der Waals surface area contributed by atoms with Gasteiger partial charge in [-0.25, -0.2) is 0 Å². The van der Waals surface area contributed by atoms with Crippen LogP contribution in [0.1, 0.15) is 19.3 Å². The van der Waals surface area contributed by atoms with Crippen molar-refractivity contribution in [2.24, 2.45) is 5.92 Å². The quantitative estimate of drug-likeness (QED) is 0.620. The number of carbonyl (C=O) groups is 1. The first-order valence-corrected chi connectivity index (χ1v) is 7.62. The first kappa shape index (κ1) is 24.5. The van der Waals surface area contributed by atoms with Crippen molar-refractivity contribution in [3.63, 3.8) is 0 Å². The molecule has 2 fully saturated rings. The zero-order valence-corrected chi connectivity index (χ0v) is 15.8. The van der Waals surface area contributed by atoms with Crippen LogP contribution in [0.3, 0.4) is 0 Å². The minimum atomic E-state index is 0. The highest BCUT2D eigenvalue weighted by molar-refractivity contribution is 5.86. The number of rotatable bonds is 8. The summed E-state index contributed by atoms with van der Waals surface area (Å²) >= 11 is 0. The van der Waals surface area contributed by atoms with E-state index in [0.29, 0.717) is 6.54 Å². The summed E-state index contributed by atoms with van der Waals surface area (Å²) in [5, 5.41) is 6.20. The van der Waals surface area contributed by atoms with Gasteiger partial charge in [-0.05, 0) is 45.3 Å². The number of hydrogen-bond acceptors (Lipinski definition) is 4. The standard InChI is InChI=1S/C14H28N4O.3ClH/c1-17-7-9-18(10-8-17)6-2-5-16-14(19)12-15-11-13-3-4-13;;;/h13,15H,2-12H2,1H3,(H,16,19);3*1H. The Balaban J connectivity index is 0. The fraction of sp³-hybridized carbons (Fsp3) is 0.929. The second-order valence-corrected chi connectivity index (χ2v) is 5.92. The van der Waals surface area contributed by atoms with Gasteiger partial charge >= 0.3 is 0 Å². The van der Waals surface area contributed by atoms with E-state index in [0.717, 1.165) is 58.2 Å². The average molecular weight is 378 g/mol. The lowest BCUT2D eigenvalue weighted by Crippen LogP contribution is -2.45. The number of hydrogen-bond donors (Lipinski definition) is 2. The minimum absolute atomic E-state index is 0. The summed E-state index contributed by atoms with van der Waals surface area (Å²) in [6.45, 7) is 8.04. The molecule has 1 saturated heterocycles. The number of halogens is 3. The van der Waals surface area contributed by atoms with E-state index in [1.54, 1.807) is 0 Å². The molecule has 22 heavy (non-hydrogen) atoms. The molecule has 0 radical (unpaired) electrons. The van der Waals surface area contributed by atoms with Crippen LogP contribution in [0.4, 0.5) is 0 Å². The van der Waals surface area contributed by atoms with Crippen molar-refractivity contribution in [3.05, 3.63) is 0 Å². The first-order valence-electron chi connectivity index (χ1n) is 7.62. The number of likely N-dealkylation sites (N-methyl/N-ethyl adjacent to an activating group) is 1. The molecule has 0 aromatic heterocycles. The highest BCUT2D eigenvalue weighted by Crippen LogP contribution is 2.27. The lowest BCUT2D eigenvalue weighted by Gasteiger charge is -2.32. The molecule has 1 heterocycles. The van der Waals surface area contributed by atoms with E-state index in [1.807, 2.05) is 0 Å². The molecular formula is C14H31Cl3N4O. The number of carbonyl (C=O) groups excluding carboxylic acids is 1. The molecule has 1 saturated carbocycles. The summed E-state index contributed by atoms with van der Waals surface area (Å²) < 4.78 is 0. The fourth-order valence-electron chi connectivity index (χ4n) is 2.38. The number of nitrogens with zero attached hydrogens (tertiary/aromatic N) is 2. The molecular weight excluding hydrogens is 347 g/mol. The zero-order chi connectivity index (χ0) is 13.5. The Labute approximate surface area is 153 Å². The van der Waals surface area contributed by atoms with Crippen molar-refractivity contribution in [2.75, 3.05) is 59.4 Å². The lowest BCUT2D eigenvalue weighted by atomic mass is 10.3. The van der Waals surface area contributed by atoms with Crippen LogP contribution in [0.15, 0.2) is 0 Å². The molecule has 2 aliphatic rings. The average Bonchev–Trinajstić information content (AvgIpc) is 3.21. The van der Waals surface area contributed by atoms with E-state index in [2.05, 4.69) is 27.5 Å². The second kappa shape index (κ2) is 13.6. The van der Waals surface area contributed by atoms with Gasteiger partial charge in [0.15, 0.2) is 0 Å². The molecule has 134 valence electrons. The van der Waals surface area contributed by atoms with Gasteiger partial charge in [-0.3, -0.25) is 4.79 Å². The maximum absolute atomic E-state index is 11.5. The number of amides is 1. The molecule has 0 spiro atoms. The first-order chi connectivity index (χ1) is 9.24. The highest BCUT2D eigenvalue weighted by atomic mass is 35.5. The minimum Gasteiger partial charge on any atom is -0.355 e. The largest absolute Gasteiger partial charge is 0.355 e. The Hall–Kier alpha value is 0.220. The van der Waals surface area contributed by atoms with Gasteiger partial charge in [0.1, 0.15) is 0 Å². The van der Waals surface area contributed by atoms with Gasteiger partial charge in [-0.1, -0.05) is 0 Å². The van der Waals surface area contributed by atoms with Crippen molar-refractivity contribution < 1.29 is 4.79 Å². The van der Waals surface area contributed by atoms with Gasteiger partial charge in [-0.2, -0.15) is 0 Å². The van der Waals surface area contributed by atoms with Crippen LogP contribution in [-0.4, -0.2) is 75.1 Å². The van der Waals surface area contributed by atoms with E-state index in [9.17, 15) is 4.79 Å². The van der Waals surface area contributed by atoms with E-state index < -0.39 is 0 Å². The fourth-order valence-corrected chi connectivity index (χ4v) is 2.38. The Kier molecular flexibility index (Phi) is 15.2. The smallest absolute Gasteiger partial charge is 0.233 e. The van der Waals surface area contributed by atoms with E-state index >= 15 is 0 Å². The lowest BCUT2D eigenvalue weighted by molar-refractivity contribution is -0.120. The molecule has 0 atom stereocenters. The maximum atomic E-state index is 11.5. The van der Waals surface area contributed by atoms with E-state index in [4.69, 9.17) is 0 Å². The second-order valence-electron chi connectivity index (χ2n) is 5.92. The summed E-state index contributed by atoms with van der Waals surface area (Å²) in [5.74, 6) is 0.976. The third-order valence-electron chi connectivity index (χ3n) is 3.98. The molecule has 1 aliphatic heterocycles. The predicted octanol–water partition coefficient (Wildman–Crippen LogP) is 1.01. The number of piperazine rings is 1. The number of nitrogens with one attached hydrogen (secondary N) is 2. The van der Waals surface area contributed by atoms with Gasteiger partial charge in [0, 0.05) is 32.7 Å². The molecule has 0 bridgehead atoms. The van der Waals surface area contributed by atoms with Crippen LogP contribution < -0.4 is 10.6 Å². The molecule has 8 heteroatoms. The summed E-state index contributed by atoms with van der Waals surface area (Å²) in [6, 6.07) is 0. The molecule has 1 amide bonds. The molecule has 5 nitrogen and oxygen atoms in total. The SMILES string of the molecule is CN1CCN(CCCNC(=O)CNCC2CC2)CC1.Cl.Cl.Cl. The van der Waals surface area contributed by atoms with Crippen LogP contribution in [0.5, 0.6) is 0 Å². The van der Waals surface area contributed by atoms with Crippen molar-refractivity contribution in [1.29, 1.82) is 0 Å². The van der Waals surface area contributed by atoms with Crippen molar-refractivity contribution in [3.8, 4) is 0 Å². The van der Waals surface area contributed by atoms with Gasteiger partial charge in [0.05, 0.1) is 6.54 Å². The highest BCUT2D eigenvalue weighted by Gasteiger charge is 2.20. The molecule has 0 aromatic rings. The van der Waals surface area contributed by atoms with Gasteiger partial charge in [0.2, 0.25) is 5.91 Å². The summed E-state index contributed by atoms with van der Waals surface area (Å²) in [4.78, 5) is 16.4. The van der Waals surface area contributed by atoms with E-state index in [1.165, 1.54) is 12.8 Å². The predicted molar refractivity (Wildman–Crippen MR) is 98.9 cm³/mol. The third kappa shape index (κ3) is 10.9. The molecule has 0 unspecified atom stereocenters.